The van der Waals surface area contributed by atoms with E-state index in [2.05, 4.69) is 0 Å². The van der Waals surface area contributed by atoms with Crippen LogP contribution >= 0.6 is 0 Å². The maximum atomic E-state index is 10.4. The number of carbonyl (C=O) groups excluding carboxylic acids is 1. The largest absolute Gasteiger partial charge is 0.484 e. The smallest absolute Gasteiger partial charge is 0.217 e. The second-order valence-corrected chi connectivity index (χ2v) is 3.54. The average molecular weight is 200 g/mol. The number of methoxy groups -OCH3 is 1. The van der Waals surface area contributed by atoms with Crippen molar-refractivity contribution >= 4 is 11.8 Å². The zero-order valence-corrected chi connectivity index (χ0v) is 9.01. The number of carbonyl (C=O) groups is 1. The summed E-state index contributed by atoms with van der Waals surface area (Å²) in [7, 11) is 1.52. The lowest BCUT2D eigenvalue weighted by molar-refractivity contribution is -0.118. The Bertz CT molecular complexity index is 193. The highest BCUT2D eigenvalue weighted by Gasteiger charge is 2.08. The Morgan fingerprint density at radius 1 is 1.43 bits per heavy atom. The van der Waals surface area contributed by atoms with Crippen LogP contribution in [0.15, 0.2) is 0 Å². The number of primary amides is 1. The highest BCUT2D eigenvalue weighted by atomic mass is 16.5. The summed E-state index contributed by atoms with van der Waals surface area (Å²) in [4.78, 5) is 10.4. The molecule has 4 heteroatoms. The SMILES string of the molecule is COC(=N)C(C)CCCCCC(N)=O. The van der Waals surface area contributed by atoms with E-state index < -0.39 is 0 Å². The molecule has 0 aromatic heterocycles. The summed E-state index contributed by atoms with van der Waals surface area (Å²) >= 11 is 0. The second kappa shape index (κ2) is 7.35. The fourth-order valence-corrected chi connectivity index (χ4v) is 1.26. The number of unbranched alkanes of at least 4 members (excludes halogenated alkanes) is 2. The van der Waals surface area contributed by atoms with Gasteiger partial charge in [0.05, 0.1) is 7.11 Å². The molecule has 0 heterocycles. The number of nitrogens with one attached hydrogen (secondary N) is 1. The van der Waals surface area contributed by atoms with Crippen LogP contribution in [0.4, 0.5) is 0 Å². The lowest BCUT2D eigenvalue weighted by Gasteiger charge is -2.10. The average Bonchev–Trinajstić information content (AvgIpc) is 2.15. The van der Waals surface area contributed by atoms with E-state index >= 15 is 0 Å². The predicted octanol–water partition coefficient (Wildman–Crippen LogP) is 1.68. The molecule has 1 atom stereocenters. The highest BCUT2D eigenvalue weighted by molar-refractivity contribution is 5.74. The van der Waals surface area contributed by atoms with Gasteiger partial charge in [0.15, 0.2) is 5.90 Å². The molecule has 0 aromatic carbocycles. The van der Waals surface area contributed by atoms with Crippen molar-refractivity contribution in [1.82, 2.24) is 0 Å². The standard InChI is InChI=1S/C10H20N2O2/c1-8(10(12)14-2)6-4-3-5-7-9(11)13/h8,12H,3-7H2,1-2H3,(H2,11,13). The van der Waals surface area contributed by atoms with Gasteiger partial charge in [-0.15, -0.1) is 0 Å². The van der Waals surface area contributed by atoms with Gasteiger partial charge >= 0.3 is 0 Å². The summed E-state index contributed by atoms with van der Waals surface area (Å²) in [5.41, 5.74) is 5.01. The molecule has 82 valence electrons. The molecule has 1 amide bonds. The van der Waals surface area contributed by atoms with Gasteiger partial charge in [0, 0.05) is 12.3 Å². The van der Waals surface area contributed by atoms with Gasteiger partial charge in [-0.2, -0.15) is 0 Å². The molecule has 0 saturated carbocycles. The van der Waals surface area contributed by atoms with Crippen LogP contribution in [0.3, 0.4) is 0 Å². The van der Waals surface area contributed by atoms with Gasteiger partial charge in [-0.05, 0) is 12.8 Å². The third-order valence-corrected chi connectivity index (χ3v) is 2.23. The van der Waals surface area contributed by atoms with Crippen molar-refractivity contribution in [3.63, 3.8) is 0 Å². The molecule has 0 saturated heterocycles. The molecule has 0 aromatic rings. The molecule has 0 aliphatic heterocycles. The molecular weight excluding hydrogens is 180 g/mol. The Hall–Kier alpha value is -1.06. The highest BCUT2D eigenvalue weighted by Crippen LogP contribution is 2.11. The molecule has 0 rings (SSSR count). The van der Waals surface area contributed by atoms with Crippen molar-refractivity contribution in [2.45, 2.75) is 39.0 Å². The number of nitrogens with two attached hydrogens (primary N) is 1. The maximum Gasteiger partial charge on any atom is 0.217 e. The predicted molar refractivity (Wildman–Crippen MR) is 56.2 cm³/mol. The van der Waals surface area contributed by atoms with Crippen molar-refractivity contribution < 1.29 is 9.53 Å². The minimum Gasteiger partial charge on any atom is -0.484 e. The van der Waals surface area contributed by atoms with Crippen LogP contribution in [0.5, 0.6) is 0 Å². The molecule has 0 aliphatic carbocycles. The Kier molecular flexibility index (Phi) is 6.80. The number of hydrogen-bond acceptors (Lipinski definition) is 3. The Balaban J connectivity index is 3.36. The molecular formula is C10H20N2O2. The van der Waals surface area contributed by atoms with E-state index in [4.69, 9.17) is 15.9 Å². The second-order valence-electron chi connectivity index (χ2n) is 3.54. The van der Waals surface area contributed by atoms with Gasteiger partial charge in [-0.3, -0.25) is 10.2 Å². The molecule has 3 N–H and O–H groups in total. The quantitative estimate of drug-likeness (QED) is 0.372. The van der Waals surface area contributed by atoms with Crippen molar-refractivity contribution in [2.24, 2.45) is 11.7 Å². The van der Waals surface area contributed by atoms with Gasteiger partial charge in [0.25, 0.3) is 0 Å². The Morgan fingerprint density at radius 2 is 2.07 bits per heavy atom. The van der Waals surface area contributed by atoms with Gasteiger partial charge in [-0.1, -0.05) is 19.8 Å². The van der Waals surface area contributed by atoms with Gasteiger partial charge in [-0.25, -0.2) is 0 Å². The lowest BCUT2D eigenvalue weighted by atomic mass is 10.0. The maximum absolute atomic E-state index is 10.4. The third kappa shape index (κ3) is 6.46. The van der Waals surface area contributed by atoms with Crippen molar-refractivity contribution in [1.29, 1.82) is 5.41 Å². The van der Waals surface area contributed by atoms with Crippen LogP contribution in [0.1, 0.15) is 39.0 Å². The fourth-order valence-electron chi connectivity index (χ4n) is 1.26. The van der Waals surface area contributed by atoms with Crippen LogP contribution in [0.25, 0.3) is 0 Å². The van der Waals surface area contributed by atoms with Crippen molar-refractivity contribution in [2.75, 3.05) is 7.11 Å². The molecule has 0 spiro atoms. The van der Waals surface area contributed by atoms with E-state index in [1.54, 1.807) is 0 Å². The van der Waals surface area contributed by atoms with Crippen molar-refractivity contribution in [3.8, 4) is 0 Å². The van der Waals surface area contributed by atoms with E-state index in [0.717, 1.165) is 25.7 Å². The summed E-state index contributed by atoms with van der Waals surface area (Å²) in [5.74, 6) is 0.274. The van der Waals surface area contributed by atoms with E-state index in [0.29, 0.717) is 12.3 Å². The van der Waals surface area contributed by atoms with Gasteiger partial charge in [0.2, 0.25) is 5.91 Å². The normalized spacial score (nSPS) is 12.1. The zero-order chi connectivity index (χ0) is 11.0. The minimum absolute atomic E-state index is 0.175. The molecule has 4 nitrogen and oxygen atoms in total. The summed E-state index contributed by atoms with van der Waals surface area (Å²) in [5, 5.41) is 7.40. The van der Waals surface area contributed by atoms with Crippen molar-refractivity contribution in [3.05, 3.63) is 0 Å². The first-order valence-corrected chi connectivity index (χ1v) is 4.98. The van der Waals surface area contributed by atoms with Crippen LogP contribution in [-0.4, -0.2) is 18.9 Å². The molecule has 0 bridgehead atoms. The summed E-state index contributed by atoms with van der Waals surface area (Å²) in [6, 6.07) is 0. The van der Waals surface area contributed by atoms with E-state index in [-0.39, 0.29) is 11.8 Å². The monoisotopic (exact) mass is 200 g/mol. The molecule has 0 aliphatic rings. The lowest BCUT2D eigenvalue weighted by Crippen LogP contribution is -2.12. The van der Waals surface area contributed by atoms with E-state index in [9.17, 15) is 4.79 Å². The van der Waals surface area contributed by atoms with E-state index in [1.807, 2.05) is 6.92 Å². The summed E-state index contributed by atoms with van der Waals surface area (Å²) < 4.78 is 4.82. The minimum atomic E-state index is -0.234. The molecule has 0 radical (unpaired) electrons. The van der Waals surface area contributed by atoms with Gasteiger partial charge < -0.3 is 10.5 Å². The summed E-state index contributed by atoms with van der Waals surface area (Å²) in [6.45, 7) is 1.97. The third-order valence-electron chi connectivity index (χ3n) is 2.23. The zero-order valence-electron chi connectivity index (χ0n) is 9.01. The van der Waals surface area contributed by atoms with Gasteiger partial charge in [0.1, 0.15) is 0 Å². The van der Waals surface area contributed by atoms with E-state index in [1.165, 1.54) is 7.11 Å². The first-order valence-electron chi connectivity index (χ1n) is 4.98. The fraction of sp³-hybridized carbons (Fsp3) is 0.800. The van der Waals surface area contributed by atoms with Crippen LogP contribution < -0.4 is 5.73 Å². The van der Waals surface area contributed by atoms with Crippen LogP contribution in [0.2, 0.25) is 0 Å². The Labute approximate surface area is 85.3 Å². The first kappa shape index (κ1) is 12.9. The molecule has 1 unspecified atom stereocenters. The summed E-state index contributed by atoms with van der Waals surface area (Å²) in [6.07, 6.45) is 4.26. The molecule has 0 fully saturated rings. The molecule has 14 heavy (non-hydrogen) atoms. The number of hydrogen-bond donors (Lipinski definition) is 2. The number of ether oxygens (including phenoxy) is 1. The number of amides is 1. The topological polar surface area (TPSA) is 76.2 Å². The number of rotatable bonds is 7. The van der Waals surface area contributed by atoms with Crippen LogP contribution in [0, 0.1) is 11.3 Å². The Morgan fingerprint density at radius 3 is 2.57 bits per heavy atom. The first-order chi connectivity index (χ1) is 6.57. The van der Waals surface area contributed by atoms with Crippen LogP contribution in [-0.2, 0) is 9.53 Å².